The van der Waals surface area contributed by atoms with Crippen LogP contribution in [0.4, 0.5) is 0 Å². The Morgan fingerprint density at radius 1 is 1.75 bits per heavy atom. The zero-order valence-corrected chi connectivity index (χ0v) is 10.7. The van der Waals surface area contributed by atoms with Gasteiger partial charge in [-0.1, -0.05) is 19.1 Å². The van der Waals surface area contributed by atoms with Crippen LogP contribution in [0.15, 0.2) is 17.3 Å². The smallest absolute Gasteiger partial charge is 0.244 e. The van der Waals surface area contributed by atoms with Gasteiger partial charge in [-0.2, -0.15) is 5.10 Å². The minimum Gasteiger partial charge on any atom is -0.392 e. The summed E-state index contributed by atoms with van der Waals surface area (Å²) in [4.78, 5) is 0.236. The average Bonchev–Trinajstić information content (AvgIpc) is 2.61. The normalized spacial score (nSPS) is 13.6. The molecule has 1 unspecified atom stereocenters. The summed E-state index contributed by atoms with van der Waals surface area (Å²) < 4.78 is 27.5. The zero-order chi connectivity index (χ0) is 12.3. The molecule has 6 nitrogen and oxygen atoms in total. The third kappa shape index (κ3) is 3.00. The van der Waals surface area contributed by atoms with E-state index >= 15 is 0 Å². The molecule has 0 radical (unpaired) electrons. The molecule has 0 bridgehead atoms. The van der Waals surface area contributed by atoms with Crippen molar-refractivity contribution in [3.05, 3.63) is 12.4 Å². The number of sulfonamides is 1. The van der Waals surface area contributed by atoms with Crippen LogP contribution in [-0.2, 0) is 17.1 Å². The van der Waals surface area contributed by atoms with Crippen molar-refractivity contribution in [2.45, 2.75) is 24.3 Å². The molecule has 1 heterocycles. The largest absolute Gasteiger partial charge is 0.392 e. The van der Waals surface area contributed by atoms with Crippen molar-refractivity contribution < 1.29 is 8.42 Å². The van der Waals surface area contributed by atoms with Crippen LogP contribution >= 0.6 is 12.2 Å². The number of nitrogens with one attached hydrogen (secondary N) is 1. The summed E-state index contributed by atoms with van der Waals surface area (Å²) in [7, 11) is -1.95. The number of hydrogen-bond donors (Lipinski definition) is 2. The van der Waals surface area contributed by atoms with Gasteiger partial charge in [-0.25, -0.2) is 13.1 Å². The summed E-state index contributed by atoms with van der Waals surface area (Å²) >= 11 is 4.77. The Morgan fingerprint density at radius 2 is 2.38 bits per heavy atom. The topological polar surface area (TPSA) is 90.0 Å². The van der Waals surface area contributed by atoms with Gasteiger partial charge in [0, 0.05) is 13.2 Å². The van der Waals surface area contributed by atoms with Crippen molar-refractivity contribution in [2.75, 3.05) is 0 Å². The Balaban J connectivity index is 2.91. The lowest BCUT2D eigenvalue weighted by Crippen LogP contribution is -2.42. The van der Waals surface area contributed by atoms with Crippen LogP contribution in [0.2, 0.25) is 0 Å². The summed E-state index contributed by atoms with van der Waals surface area (Å²) in [5, 5.41) is 3.79. The SMILES string of the molecule is CCC(NS(=O)(=O)c1cnn(C)c1)C(N)=S. The third-order valence-corrected chi connectivity index (χ3v) is 3.75. The fourth-order valence-electron chi connectivity index (χ4n) is 1.14. The second-order valence-electron chi connectivity index (χ2n) is 3.33. The zero-order valence-electron chi connectivity index (χ0n) is 9.04. The molecule has 0 amide bonds. The van der Waals surface area contributed by atoms with E-state index in [1.54, 1.807) is 14.0 Å². The predicted molar refractivity (Wildman–Crippen MR) is 64.4 cm³/mol. The fraction of sp³-hybridized carbons (Fsp3) is 0.500. The molecule has 1 atom stereocenters. The first-order chi connectivity index (χ1) is 7.36. The number of nitrogens with two attached hydrogens (primary N) is 1. The lowest BCUT2D eigenvalue weighted by molar-refractivity contribution is 0.572. The summed E-state index contributed by atoms with van der Waals surface area (Å²) in [6.45, 7) is 1.80. The van der Waals surface area contributed by atoms with Gasteiger partial charge >= 0.3 is 0 Å². The minimum atomic E-state index is -3.60. The highest BCUT2D eigenvalue weighted by Crippen LogP contribution is 2.08. The van der Waals surface area contributed by atoms with Gasteiger partial charge in [0.05, 0.1) is 17.2 Å². The van der Waals surface area contributed by atoms with Crippen molar-refractivity contribution in [1.29, 1.82) is 0 Å². The maximum absolute atomic E-state index is 11.8. The second-order valence-corrected chi connectivity index (χ2v) is 5.52. The van der Waals surface area contributed by atoms with E-state index in [1.165, 1.54) is 17.1 Å². The van der Waals surface area contributed by atoms with Crippen LogP contribution < -0.4 is 10.5 Å². The van der Waals surface area contributed by atoms with Gasteiger partial charge in [0.2, 0.25) is 10.0 Å². The first-order valence-corrected chi connectivity index (χ1v) is 6.56. The lowest BCUT2D eigenvalue weighted by Gasteiger charge is -2.14. The van der Waals surface area contributed by atoms with E-state index in [0.29, 0.717) is 6.42 Å². The average molecular weight is 262 g/mol. The first kappa shape index (κ1) is 13.1. The maximum Gasteiger partial charge on any atom is 0.244 e. The Hall–Kier alpha value is -0.990. The molecule has 0 aromatic carbocycles. The Labute approximate surface area is 99.9 Å². The summed E-state index contributed by atoms with van der Waals surface area (Å²) in [6, 6.07) is -0.528. The fourth-order valence-corrected chi connectivity index (χ4v) is 2.72. The Kier molecular flexibility index (Phi) is 4.00. The van der Waals surface area contributed by atoms with Gasteiger partial charge in [0.1, 0.15) is 4.90 Å². The number of aromatic nitrogens is 2. The minimum absolute atomic E-state index is 0.102. The number of rotatable bonds is 5. The monoisotopic (exact) mass is 262 g/mol. The Bertz CT molecular complexity index is 480. The van der Waals surface area contributed by atoms with E-state index < -0.39 is 16.1 Å². The van der Waals surface area contributed by atoms with Crippen molar-refractivity contribution in [1.82, 2.24) is 14.5 Å². The number of aryl methyl sites for hydroxylation is 1. The van der Waals surface area contributed by atoms with Gasteiger partial charge in [-0.05, 0) is 6.42 Å². The van der Waals surface area contributed by atoms with Gasteiger partial charge in [0.25, 0.3) is 0 Å². The van der Waals surface area contributed by atoms with Crippen LogP contribution in [0, 0.1) is 0 Å². The molecule has 0 aliphatic heterocycles. The molecular weight excluding hydrogens is 248 g/mol. The van der Waals surface area contributed by atoms with Gasteiger partial charge in [-0.15, -0.1) is 0 Å². The molecule has 0 aliphatic carbocycles. The molecule has 90 valence electrons. The second kappa shape index (κ2) is 4.89. The summed E-state index contributed by atoms with van der Waals surface area (Å²) in [6.07, 6.45) is 3.19. The Morgan fingerprint density at radius 3 is 2.75 bits per heavy atom. The molecule has 0 spiro atoms. The highest BCUT2D eigenvalue weighted by molar-refractivity contribution is 7.89. The molecule has 16 heavy (non-hydrogen) atoms. The molecular formula is C8H14N4O2S2. The van der Waals surface area contributed by atoms with E-state index in [1.807, 2.05) is 0 Å². The van der Waals surface area contributed by atoms with Crippen LogP contribution in [0.3, 0.4) is 0 Å². The van der Waals surface area contributed by atoms with Crippen LogP contribution in [-0.4, -0.2) is 29.2 Å². The van der Waals surface area contributed by atoms with E-state index in [0.717, 1.165) is 0 Å². The highest BCUT2D eigenvalue weighted by atomic mass is 32.2. The van der Waals surface area contributed by atoms with Crippen molar-refractivity contribution >= 4 is 27.2 Å². The van der Waals surface area contributed by atoms with Crippen LogP contribution in [0.25, 0.3) is 0 Å². The molecule has 3 N–H and O–H groups in total. The van der Waals surface area contributed by atoms with Gasteiger partial charge in [-0.3, -0.25) is 4.68 Å². The van der Waals surface area contributed by atoms with Crippen molar-refractivity contribution in [2.24, 2.45) is 12.8 Å². The number of hydrogen-bond acceptors (Lipinski definition) is 4. The molecule has 0 fully saturated rings. The van der Waals surface area contributed by atoms with E-state index in [-0.39, 0.29) is 9.88 Å². The highest BCUT2D eigenvalue weighted by Gasteiger charge is 2.21. The van der Waals surface area contributed by atoms with Gasteiger partial charge < -0.3 is 5.73 Å². The lowest BCUT2D eigenvalue weighted by atomic mass is 10.2. The van der Waals surface area contributed by atoms with E-state index in [2.05, 4.69) is 9.82 Å². The third-order valence-electron chi connectivity index (χ3n) is 2.04. The van der Waals surface area contributed by atoms with Crippen molar-refractivity contribution in [3.8, 4) is 0 Å². The molecule has 8 heteroatoms. The van der Waals surface area contributed by atoms with Crippen molar-refractivity contribution in [3.63, 3.8) is 0 Å². The molecule has 0 aliphatic rings. The molecule has 1 rings (SSSR count). The van der Waals surface area contributed by atoms with Gasteiger partial charge in [0.15, 0.2) is 0 Å². The summed E-state index contributed by atoms with van der Waals surface area (Å²) in [5.41, 5.74) is 5.42. The van der Waals surface area contributed by atoms with E-state index in [4.69, 9.17) is 18.0 Å². The molecule has 1 aromatic rings. The summed E-state index contributed by atoms with van der Waals surface area (Å²) in [5.74, 6) is 0. The number of thiocarbonyl (C=S) groups is 1. The van der Waals surface area contributed by atoms with E-state index in [9.17, 15) is 8.42 Å². The van der Waals surface area contributed by atoms with Crippen LogP contribution in [0.1, 0.15) is 13.3 Å². The predicted octanol–water partition coefficient (Wildman–Crippen LogP) is -0.237. The van der Waals surface area contributed by atoms with Crippen LogP contribution in [0.5, 0.6) is 0 Å². The maximum atomic E-state index is 11.8. The molecule has 0 saturated heterocycles. The quantitative estimate of drug-likeness (QED) is 0.715. The number of nitrogens with zero attached hydrogens (tertiary/aromatic N) is 2. The molecule has 0 saturated carbocycles. The standard InChI is InChI=1S/C8H14N4O2S2/c1-3-7(8(9)15)11-16(13,14)6-4-10-12(2)5-6/h4-5,7,11H,3H2,1-2H3,(H2,9,15). The molecule has 1 aromatic heterocycles. The first-order valence-electron chi connectivity index (χ1n) is 4.67.